The lowest BCUT2D eigenvalue weighted by molar-refractivity contribution is -0.174. The van der Waals surface area contributed by atoms with Gasteiger partial charge < -0.3 is 10.4 Å². The first kappa shape index (κ1) is 12.8. The SMILES string of the molecule is O=C(O)CN1CCC(NC(=O)C(F)(F)F)C1. The zero-order valence-electron chi connectivity index (χ0n) is 8.25. The van der Waals surface area contributed by atoms with E-state index in [4.69, 9.17) is 5.11 Å². The quantitative estimate of drug-likeness (QED) is 0.718. The Morgan fingerprint density at radius 1 is 1.44 bits per heavy atom. The van der Waals surface area contributed by atoms with Crippen LogP contribution in [-0.4, -0.2) is 53.7 Å². The second-order valence-electron chi connectivity index (χ2n) is 3.59. The number of carboxylic acid groups (broad SMARTS) is 1. The van der Waals surface area contributed by atoms with E-state index in [0.29, 0.717) is 13.0 Å². The highest BCUT2D eigenvalue weighted by Gasteiger charge is 2.40. The molecular formula is C8H11F3N2O3. The van der Waals surface area contributed by atoms with Crippen molar-refractivity contribution in [1.82, 2.24) is 10.2 Å². The van der Waals surface area contributed by atoms with E-state index in [2.05, 4.69) is 0 Å². The Balaban J connectivity index is 2.37. The van der Waals surface area contributed by atoms with Crippen LogP contribution in [0.2, 0.25) is 0 Å². The Morgan fingerprint density at radius 3 is 2.56 bits per heavy atom. The van der Waals surface area contributed by atoms with Gasteiger partial charge in [0.2, 0.25) is 0 Å². The molecule has 0 aromatic heterocycles. The molecule has 2 N–H and O–H groups in total. The summed E-state index contributed by atoms with van der Waals surface area (Å²) in [5, 5.41) is 10.3. The number of carbonyl (C=O) groups excluding carboxylic acids is 1. The summed E-state index contributed by atoms with van der Waals surface area (Å²) in [5.41, 5.74) is 0. The van der Waals surface area contributed by atoms with Gasteiger partial charge in [0.1, 0.15) is 0 Å². The zero-order chi connectivity index (χ0) is 12.3. The number of rotatable bonds is 3. The van der Waals surface area contributed by atoms with Crippen LogP contribution >= 0.6 is 0 Å². The minimum Gasteiger partial charge on any atom is -0.480 e. The summed E-state index contributed by atoms with van der Waals surface area (Å²) in [4.78, 5) is 22.4. The average Bonchev–Trinajstić information content (AvgIpc) is 2.49. The van der Waals surface area contributed by atoms with Crippen LogP contribution < -0.4 is 5.32 Å². The molecule has 1 saturated heterocycles. The Kier molecular flexibility index (Phi) is 3.74. The third-order valence-corrected chi connectivity index (χ3v) is 2.22. The molecule has 1 heterocycles. The number of aliphatic carboxylic acids is 1. The van der Waals surface area contributed by atoms with Crippen molar-refractivity contribution in [3.8, 4) is 0 Å². The second-order valence-corrected chi connectivity index (χ2v) is 3.59. The molecule has 8 heteroatoms. The lowest BCUT2D eigenvalue weighted by atomic mass is 10.2. The molecule has 16 heavy (non-hydrogen) atoms. The summed E-state index contributed by atoms with van der Waals surface area (Å²) < 4.78 is 35.7. The van der Waals surface area contributed by atoms with Gasteiger partial charge in [0.05, 0.1) is 6.54 Å². The van der Waals surface area contributed by atoms with Crippen LogP contribution in [0.4, 0.5) is 13.2 Å². The monoisotopic (exact) mass is 240 g/mol. The minimum absolute atomic E-state index is 0.133. The van der Waals surface area contributed by atoms with Crippen LogP contribution in [0.3, 0.4) is 0 Å². The Bertz CT molecular complexity index is 293. The first-order valence-electron chi connectivity index (χ1n) is 4.61. The summed E-state index contributed by atoms with van der Waals surface area (Å²) in [6, 6.07) is -0.631. The number of carbonyl (C=O) groups is 2. The number of likely N-dealkylation sites (tertiary alicyclic amines) is 1. The predicted octanol–water partition coefficient (Wildman–Crippen LogP) is -0.176. The Labute approximate surface area is 89.2 Å². The van der Waals surface area contributed by atoms with Crippen LogP contribution in [-0.2, 0) is 9.59 Å². The van der Waals surface area contributed by atoms with Gasteiger partial charge in [-0.05, 0) is 6.42 Å². The van der Waals surface area contributed by atoms with Crippen LogP contribution in [0.1, 0.15) is 6.42 Å². The third-order valence-electron chi connectivity index (χ3n) is 2.22. The highest BCUT2D eigenvalue weighted by Crippen LogP contribution is 2.16. The zero-order valence-corrected chi connectivity index (χ0v) is 8.25. The molecule has 1 amide bonds. The van der Waals surface area contributed by atoms with Crippen LogP contribution in [0.25, 0.3) is 0 Å². The van der Waals surface area contributed by atoms with Crippen molar-refractivity contribution in [1.29, 1.82) is 0 Å². The van der Waals surface area contributed by atoms with Gasteiger partial charge in [-0.15, -0.1) is 0 Å². The van der Waals surface area contributed by atoms with Crippen molar-refractivity contribution >= 4 is 11.9 Å². The molecular weight excluding hydrogens is 229 g/mol. The maximum atomic E-state index is 11.9. The van der Waals surface area contributed by atoms with E-state index in [0.717, 1.165) is 0 Å². The van der Waals surface area contributed by atoms with E-state index < -0.39 is 24.1 Å². The predicted molar refractivity (Wildman–Crippen MR) is 46.7 cm³/mol. The fourth-order valence-electron chi connectivity index (χ4n) is 1.55. The molecule has 0 saturated carbocycles. The van der Waals surface area contributed by atoms with Gasteiger partial charge in [0.15, 0.2) is 0 Å². The van der Waals surface area contributed by atoms with Crippen molar-refractivity contribution in [3.63, 3.8) is 0 Å². The number of carboxylic acids is 1. The van der Waals surface area contributed by atoms with Gasteiger partial charge in [-0.1, -0.05) is 0 Å². The largest absolute Gasteiger partial charge is 0.480 e. The van der Waals surface area contributed by atoms with Crippen LogP contribution in [0.5, 0.6) is 0 Å². The highest BCUT2D eigenvalue weighted by atomic mass is 19.4. The Hall–Kier alpha value is -1.31. The molecule has 0 aliphatic carbocycles. The van der Waals surface area contributed by atoms with Crippen LogP contribution in [0.15, 0.2) is 0 Å². The number of alkyl halides is 3. The number of halogens is 3. The van der Waals surface area contributed by atoms with Crippen molar-refractivity contribution in [3.05, 3.63) is 0 Å². The molecule has 0 spiro atoms. The normalized spacial score (nSPS) is 22.1. The van der Waals surface area contributed by atoms with E-state index in [1.165, 1.54) is 4.90 Å². The molecule has 1 atom stereocenters. The number of nitrogens with zero attached hydrogens (tertiary/aromatic N) is 1. The molecule has 1 aliphatic heterocycles. The molecule has 1 fully saturated rings. The second kappa shape index (κ2) is 4.69. The summed E-state index contributed by atoms with van der Waals surface area (Å²) in [6.45, 7) is 0.279. The van der Waals surface area contributed by atoms with Gasteiger partial charge in [-0.2, -0.15) is 13.2 Å². The maximum absolute atomic E-state index is 11.9. The fourth-order valence-corrected chi connectivity index (χ4v) is 1.55. The fraction of sp³-hybridized carbons (Fsp3) is 0.750. The Morgan fingerprint density at radius 2 is 2.06 bits per heavy atom. The average molecular weight is 240 g/mol. The molecule has 92 valence electrons. The van der Waals surface area contributed by atoms with E-state index >= 15 is 0 Å². The van der Waals surface area contributed by atoms with Crippen molar-refractivity contribution in [2.45, 2.75) is 18.6 Å². The van der Waals surface area contributed by atoms with Crippen LogP contribution in [0, 0.1) is 0 Å². The summed E-state index contributed by atoms with van der Waals surface area (Å²) in [7, 11) is 0. The summed E-state index contributed by atoms with van der Waals surface area (Å²) in [5.74, 6) is -3.02. The first-order valence-corrected chi connectivity index (χ1v) is 4.61. The number of nitrogens with one attached hydrogen (secondary N) is 1. The molecule has 0 aromatic carbocycles. The molecule has 0 bridgehead atoms. The van der Waals surface area contributed by atoms with Gasteiger partial charge >= 0.3 is 18.1 Å². The lowest BCUT2D eigenvalue weighted by Crippen LogP contribution is -2.44. The molecule has 1 rings (SSSR count). The van der Waals surface area contributed by atoms with E-state index in [-0.39, 0.29) is 13.1 Å². The minimum atomic E-state index is -4.89. The van der Waals surface area contributed by atoms with E-state index in [1.54, 1.807) is 0 Å². The van der Waals surface area contributed by atoms with Gasteiger partial charge in [0, 0.05) is 19.1 Å². The maximum Gasteiger partial charge on any atom is 0.471 e. The molecule has 1 aliphatic rings. The smallest absolute Gasteiger partial charge is 0.471 e. The van der Waals surface area contributed by atoms with E-state index in [1.807, 2.05) is 5.32 Å². The van der Waals surface area contributed by atoms with Gasteiger partial charge in [0.25, 0.3) is 0 Å². The first-order chi connectivity index (χ1) is 7.29. The van der Waals surface area contributed by atoms with Crippen molar-refractivity contribution in [2.75, 3.05) is 19.6 Å². The lowest BCUT2D eigenvalue weighted by Gasteiger charge is -2.15. The number of hydrogen-bond acceptors (Lipinski definition) is 3. The molecule has 1 unspecified atom stereocenters. The van der Waals surface area contributed by atoms with Gasteiger partial charge in [-0.3, -0.25) is 14.5 Å². The highest BCUT2D eigenvalue weighted by molar-refractivity contribution is 5.82. The molecule has 5 nitrogen and oxygen atoms in total. The third kappa shape index (κ3) is 3.69. The van der Waals surface area contributed by atoms with Crippen molar-refractivity contribution in [2.24, 2.45) is 0 Å². The standard InChI is InChI=1S/C8H11F3N2O3/c9-8(10,11)7(16)12-5-1-2-13(3-5)4-6(14)15/h5H,1-4H2,(H,12,16)(H,14,15). The number of amides is 1. The summed E-state index contributed by atoms with van der Waals surface area (Å²) >= 11 is 0. The molecule has 0 radical (unpaired) electrons. The molecule has 0 aromatic rings. The number of hydrogen-bond donors (Lipinski definition) is 2. The van der Waals surface area contributed by atoms with Gasteiger partial charge in [-0.25, -0.2) is 0 Å². The van der Waals surface area contributed by atoms with E-state index in [9.17, 15) is 22.8 Å². The summed E-state index contributed by atoms with van der Waals surface area (Å²) in [6.07, 6.45) is -4.56. The van der Waals surface area contributed by atoms with Crippen molar-refractivity contribution < 1.29 is 27.9 Å². The topological polar surface area (TPSA) is 69.6 Å².